The van der Waals surface area contributed by atoms with Gasteiger partial charge in [0.1, 0.15) is 36.3 Å². The van der Waals surface area contributed by atoms with E-state index < -0.39 is 59.0 Å². The van der Waals surface area contributed by atoms with Crippen LogP contribution < -0.4 is 24.8 Å². The number of ether oxygens (including phenoxy) is 7. The SMILES string of the molecule is C=C1CCC(N2C(=O)c3cccc(OCC(=O)CCCCOCCOCCOCCCCC(=O)CCC(=O)Nc4cccc([C@@H](CCc5ccc(OC)c(OC)c5)OC(=O)[C@@H]5CCCCN5C(=O)C(=O)C(C)(C)CC)c4)c3C2=O)C(=O)N1. The third kappa shape index (κ3) is 18.1. The molecule has 2 saturated heterocycles. The van der Waals surface area contributed by atoms with Crippen molar-refractivity contribution in [3.8, 4) is 17.2 Å². The number of hydrogen-bond acceptors (Lipinski definition) is 16. The van der Waals surface area contributed by atoms with E-state index in [0.717, 1.165) is 10.5 Å². The van der Waals surface area contributed by atoms with Crippen LogP contribution in [0.25, 0.3) is 0 Å². The Hall–Kier alpha value is -7.29. The van der Waals surface area contributed by atoms with Crippen LogP contribution in [-0.4, -0.2) is 142 Å². The van der Waals surface area contributed by atoms with Gasteiger partial charge < -0.3 is 48.7 Å². The van der Waals surface area contributed by atoms with Crippen LogP contribution in [0.3, 0.4) is 0 Å². The molecule has 3 aromatic rings. The Kier molecular flexibility index (Phi) is 24.8. The highest BCUT2D eigenvalue weighted by molar-refractivity contribution is 6.38. The van der Waals surface area contributed by atoms with E-state index in [9.17, 15) is 43.2 Å². The maximum Gasteiger partial charge on any atom is 0.329 e. The second-order valence-electron chi connectivity index (χ2n) is 21.3. The zero-order chi connectivity index (χ0) is 59.2. The van der Waals surface area contributed by atoms with Gasteiger partial charge >= 0.3 is 5.97 Å². The molecule has 82 heavy (non-hydrogen) atoms. The maximum atomic E-state index is 14.1. The molecule has 3 aliphatic heterocycles. The van der Waals surface area contributed by atoms with Gasteiger partial charge in [-0.2, -0.15) is 0 Å². The van der Waals surface area contributed by atoms with Gasteiger partial charge in [0.25, 0.3) is 17.7 Å². The minimum Gasteiger partial charge on any atom is -0.493 e. The molecule has 0 saturated carbocycles. The van der Waals surface area contributed by atoms with Crippen molar-refractivity contribution in [3.63, 3.8) is 0 Å². The van der Waals surface area contributed by atoms with Crippen molar-refractivity contribution in [2.45, 2.75) is 142 Å². The number of piperidine rings is 2. The molecule has 3 aromatic carbocycles. The molecule has 5 amide bonds. The van der Waals surface area contributed by atoms with Crippen LogP contribution in [0.15, 0.2) is 72.9 Å². The third-order valence-corrected chi connectivity index (χ3v) is 15.0. The lowest BCUT2D eigenvalue weighted by atomic mass is 9.84. The van der Waals surface area contributed by atoms with Crippen LogP contribution in [0.5, 0.6) is 17.2 Å². The number of ketones is 3. The lowest BCUT2D eigenvalue weighted by Gasteiger charge is -2.36. The fourth-order valence-electron chi connectivity index (χ4n) is 9.77. The van der Waals surface area contributed by atoms with E-state index in [1.807, 2.05) is 19.1 Å². The van der Waals surface area contributed by atoms with Gasteiger partial charge in [0.15, 0.2) is 17.3 Å². The summed E-state index contributed by atoms with van der Waals surface area (Å²) in [5.74, 6) is -2.79. The predicted molar refractivity (Wildman–Crippen MR) is 302 cm³/mol. The molecule has 0 spiro atoms. The quantitative estimate of drug-likeness (QED) is 0.0245. The van der Waals surface area contributed by atoms with Crippen molar-refractivity contribution in [1.82, 2.24) is 15.1 Å². The number of amides is 5. The van der Waals surface area contributed by atoms with Gasteiger partial charge in [-0.05, 0) is 125 Å². The normalized spacial score (nSPS) is 16.5. The van der Waals surface area contributed by atoms with Gasteiger partial charge in [0.2, 0.25) is 17.6 Å². The zero-order valence-electron chi connectivity index (χ0n) is 48.1. The molecule has 2 fully saturated rings. The van der Waals surface area contributed by atoms with Gasteiger partial charge in [-0.3, -0.25) is 43.3 Å². The Bertz CT molecular complexity index is 2780. The second kappa shape index (κ2) is 31.8. The first-order valence-electron chi connectivity index (χ1n) is 28.5. The molecular weight excluding hydrogens is 1060 g/mol. The molecule has 3 atom stereocenters. The van der Waals surface area contributed by atoms with Gasteiger partial charge in [-0.25, -0.2) is 4.79 Å². The van der Waals surface area contributed by atoms with E-state index in [4.69, 9.17) is 33.2 Å². The van der Waals surface area contributed by atoms with Crippen molar-refractivity contribution in [2.24, 2.45) is 5.41 Å². The summed E-state index contributed by atoms with van der Waals surface area (Å²) in [5.41, 5.74) is 1.83. The van der Waals surface area contributed by atoms with Crippen LogP contribution >= 0.6 is 0 Å². The number of aryl methyl sites for hydroxylation is 1. The van der Waals surface area contributed by atoms with Crippen LogP contribution in [0.2, 0.25) is 0 Å². The Morgan fingerprint density at radius 3 is 2.11 bits per heavy atom. The standard InChI is InChI=1S/C62H80N4O16/c1-7-62(3,4)56(70)60(74)65-31-11-8-21-49(65)61(75)82-50(28-24-42-25-29-51(76-5)53(38-42)77-6)43-16-14-17-44(39-43)64-54(69)30-26-45(67)18-9-12-32-78-34-36-80-37-35-79-33-13-10-19-46(68)40-81-52-22-15-20-47-55(52)59(73)66(58(47)72)48-27-23-41(2)63-57(48)71/h14-17,20,22,25,29,38-39,48-50H,2,7-13,18-19,21,23-24,26-28,30-37,40H2,1,3-6H3,(H,63,71)(H,64,69)/t48?,49-,50+/m0/s1. The van der Waals surface area contributed by atoms with Crippen molar-refractivity contribution in [2.75, 3.05) is 72.3 Å². The van der Waals surface area contributed by atoms with E-state index in [1.54, 1.807) is 64.5 Å². The van der Waals surface area contributed by atoms with Crippen molar-refractivity contribution < 1.29 is 76.3 Å². The van der Waals surface area contributed by atoms with E-state index >= 15 is 0 Å². The number of rotatable bonds is 35. The molecule has 20 nitrogen and oxygen atoms in total. The van der Waals surface area contributed by atoms with E-state index in [0.29, 0.717) is 145 Å². The number of anilines is 1. The Morgan fingerprint density at radius 1 is 0.744 bits per heavy atom. The Labute approximate surface area is 480 Å². The molecule has 20 heteroatoms. The van der Waals surface area contributed by atoms with Crippen LogP contribution in [0.4, 0.5) is 5.69 Å². The summed E-state index contributed by atoms with van der Waals surface area (Å²) in [7, 11) is 3.11. The molecule has 1 unspecified atom stereocenters. The van der Waals surface area contributed by atoms with Crippen molar-refractivity contribution in [1.29, 1.82) is 0 Å². The molecule has 0 radical (unpaired) electrons. The number of carbonyl (C=O) groups is 9. The topological polar surface area (TPSA) is 249 Å². The fourth-order valence-corrected chi connectivity index (χ4v) is 9.77. The van der Waals surface area contributed by atoms with E-state index in [-0.39, 0.29) is 73.2 Å². The maximum absolute atomic E-state index is 14.1. The summed E-state index contributed by atoms with van der Waals surface area (Å²) in [6.07, 6.45) is 6.06. The number of benzene rings is 3. The molecule has 3 heterocycles. The number of esters is 1. The minimum absolute atomic E-state index is 0.0116. The molecule has 0 aromatic heterocycles. The average molecular weight is 1140 g/mol. The van der Waals surface area contributed by atoms with E-state index in [1.165, 1.54) is 17.0 Å². The highest BCUT2D eigenvalue weighted by atomic mass is 16.6. The molecule has 6 rings (SSSR count). The lowest BCUT2D eigenvalue weighted by molar-refractivity contribution is -0.164. The summed E-state index contributed by atoms with van der Waals surface area (Å²) in [6.45, 7) is 11.4. The van der Waals surface area contributed by atoms with Gasteiger partial charge in [0, 0.05) is 62.2 Å². The number of methoxy groups -OCH3 is 2. The summed E-state index contributed by atoms with van der Waals surface area (Å²) in [4.78, 5) is 121. The van der Waals surface area contributed by atoms with Crippen molar-refractivity contribution >= 4 is 58.5 Å². The first-order chi connectivity index (χ1) is 39.5. The highest BCUT2D eigenvalue weighted by Gasteiger charge is 2.46. The zero-order valence-corrected chi connectivity index (χ0v) is 48.1. The van der Waals surface area contributed by atoms with Crippen LogP contribution in [0, 0.1) is 5.41 Å². The number of nitrogens with zero attached hydrogens (tertiary/aromatic N) is 2. The predicted octanol–water partition coefficient (Wildman–Crippen LogP) is 8.02. The van der Waals surface area contributed by atoms with Crippen LogP contribution in [0.1, 0.15) is 155 Å². The summed E-state index contributed by atoms with van der Waals surface area (Å²) in [5, 5.41) is 5.49. The highest BCUT2D eigenvalue weighted by Crippen LogP contribution is 2.36. The number of imide groups is 1. The first kappa shape index (κ1) is 63.9. The first-order valence-corrected chi connectivity index (χ1v) is 28.5. The molecular formula is C62H80N4O16. The van der Waals surface area contributed by atoms with Crippen LogP contribution in [-0.2, 0) is 58.9 Å². The van der Waals surface area contributed by atoms with Gasteiger partial charge in [0.05, 0.1) is 51.8 Å². The lowest BCUT2D eigenvalue weighted by Crippen LogP contribution is -2.53. The smallest absolute Gasteiger partial charge is 0.329 e. The molecule has 3 aliphatic rings. The number of nitrogens with one attached hydrogen (secondary N) is 2. The summed E-state index contributed by atoms with van der Waals surface area (Å²) in [6, 6.07) is 15.3. The molecule has 0 bridgehead atoms. The third-order valence-electron chi connectivity index (χ3n) is 15.0. The summed E-state index contributed by atoms with van der Waals surface area (Å²) < 4.78 is 39.7. The minimum atomic E-state index is -0.948. The Morgan fingerprint density at radius 2 is 1.43 bits per heavy atom. The number of unbranched alkanes of at least 4 members (excludes halogenated alkanes) is 2. The fraction of sp³-hybridized carbons (Fsp3) is 0.532. The number of fused-ring (bicyclic) bond motifs is 1. The number of carbonyl (C=O) groups excluding carboxylic acids is 9. The second-order valence-corrected chi connectivity index (χ2v) is 21.3. The number of hydrogen-bond donors (Lipinski definition) is 2. The van der Waals surface area contributed by atoms with Crippen molar-refractivity contribution in [3.05, 3.63) is 95.2 Å². The van der Waals surface area contributed by atoms with Gasteiger partial charge in [-0.15, -0.1) is 0 Å². The number of allylic oxidation sites excluding steroid dienone is 1. The monoisotopic (exact) mass is 1140 g/mol. The molecule has 2 N–H and O–H groups in total. The van der Waals surface area contributed by atoms with Gasteiger partial charge in [-0.1, -0.05) is 51.6 Å². The average Bonchev–Trinajstić information content (AvgIpc) is 3.80. The Balaban J connectivity index is 0.824. The largest absolute Gasteiger partial charge is 0.493 e. The number of Topliss-reactive ketones (excluding diaryl/α,β-unsaturated/α-hetero) is 3. The van der Waals surface area contributed by atoms with E-state index in [2.05, 4.69) is 17.2 Å². The number of likely N-dealkylation sites (tertiary alicyclic amines) is 1. The molecule has 0 aliphatic carbocycles. The summed E-state index contributed by atoms with van der Waals surface area (Å²) >= 11 is 0. The molecule has 444 valence electrons.